The van der Waals surface area contributed by atoms with Gasteiger partial charge in [-0.2, -0.15) is 0 Å². The summed E-state index contributed by atoms with van der Waals surface area (Å²) in [6.07, 6.45) is 0.00861. The van der Waals surface area contributed by atoms with Crippen LogP contribution in [-0.4, -0.2) is 10.9 Å². The summed E-state index contributed by atoms with van der Waals surface area (Å²) in [4.78, 5) is 11.6. The lowest BCUT2D eigenvalue weighted by molar-refractivity contribution is -0.126. The normalized spacial score (nSPS) is 12.1. The van der Waals surface area contributed by atoms with E-state index in [-0.39, 0.29) is 12.2 Å². The monoisotopic (exact) mass is 204 g/mol. The molecule has 1 aromatic carbocycles. The first-order chi connectivity index (χ1) is 7.15. The van der Waals surface area contributed by atoms with Gasteiger partial charge in [0, 0.05) is 6.42 Å². The maximum absolute atomic E-state index is 11.6. The topological polar surface area (TPSA) is 37.3 Å². The van der Waals surface area contributed by atoms with Crippen molar-refractivity contribution in [2.75, 3.05) is 0 Å². The lowest BCUT2D eigenvalue weighted by atomic mass is 10.00. The Morgan fingerprint density at radius 1 is 1.40 bits per heavy atom. The Labute approximate surface area is 90.3 Å². The minimum atomic E-state index is -1.02. The van der Waals surface area contributed by atoms with Gasteiger partial charge in [0.2, 0.25) is 0 Å². The van der Waals surface area contributed by atoms with E-state index in [1.54, 1.807) is 24.3 Å². The van der Waals surface area contributed by atoms with Gasteiger partial charge in [0.15, 0.2) is 5.78 Å². The van der Waals surface area contributed by atoms with E-state index < -0.39 is 6.10 Å². The third-order valence-corrected chi connectivity index (χ3v) is 2.34. The quantitative estimate of drug-likeness (QED) is 0.749. The van der Waals surface area contributed by atoms with Crippen LogP contribution in [0.15, 0.2) is 42.5 Å². The van der Waals surface area contributed by atoms with Gasteiger partial charge in [0.05, 0.1) is 0 Å². The summed E-state index contributed by atoms with van der Waals surface area (Å²) in [6.45, 7) is 5.71. The molecule has 1 aromatic rings. The van der Waals surface area contributed by atoms with Crippen LogP contribution in [0.4, 0.5) is 0 Å². The third-order valence-electron chi connectivity index (χ3n) is 2.34. The molecule has 1 rings (SSSR count). The van der Waals surface area contributed by atoms with Crippen molar-refractivity contribution in [3.05, 3.63) is 48.0 Å². The molecule has 0 saturated heterocycles. The summed E-state index contributed by atoms with van der Waals surface area (Å²) in [7, 11) is 0. The Kier molecular flexibility index (Phi) is 4.25. The summed E-state index contributed by atoms with van der Waals surface area (Å²) >= 11 is 0. The van der Waals surface area contributed by atoms with E-state index in [0.29, 0.717) is 5.56 Å². The summed E-state index contributed by atoms with van der Waals surface area (Å²) < 4.78 is 0. The van der Waals surface area contributed by atoms with Crippen molar-refractivity contribution in [3.8, 4) is 0 Å². The number of rotatable bonds is 5. The van der Waals surface area contributed by atoms with Crippen LogP contribution < -0.4 is 0 Å². The average molecular weight is 204 g/mol. The molecule has 2 heteroatoms. The molecule has 15 heavy (non-hydrogen) atoms. The molecule has 0 aromatic heterocycles. The van der Waals surface area contributed by atoms with Gasteiger partial charge in [-0.15, -0.1) is 0 Å². The van der Waals surface area contributed by atoms with Gasteiger partial charge < -0.3 is 5.11 Å². The third kappa shape index (κ3) is 3.33. The number of carbonyl (C=O) groups excluding carboxylic acids is 1. The van der Waals surface area contributed by atoms with Crippen molar-refractivity contribution in [1.82, 2.24) is 0 Å². The molecule has 0 spiro atoms. The van der Waals surface area contributed by atoms with E-state index in [2.05, 4.69) is 6.58 Å². The predicted octanol–water partition coefficient (Wildman–Crippen LogP) is 2.65. The number of ketones is 1. The minimum absolute atomic E-state index is 0.187. The number of benzene rings is 1. The Morgan fingerprint density at radius 2 is 2.00 bits per heavy atom. The first kappa shape index (κ1) is 11.7. The van der Waals surface area contributed by atoms with E-state index in [4.69, 9.17) is 0 Å². The Morgan fingerprint density at radius 3 is 2.53 bits per heavy atom. The second kappa shape index (κ2) is 5.47. The van der Waals surface area contributed by atoms with Crippen LogP contribution in [-0.2, 0) is 4.79 Å². The molecule has 0 bridgehead atoms. The van der Waals surface area contributed by atoms with Crippen molar-refractivity contribution in [2.24, 2.45) is 0 Å². The molecule has 1 N–H and O–H groups in total. The van der Waals surface area contributed by atoms with Crippen LogP contribution in [0, 0.1) is 0 Å². The molecule has 0 heterocycles. The second-order valence-corrected chi connectivity index (χ2v) is 3.56. The highest BCUT2D eigenvalue weighted by Gasteiger charge is 2.16. The van der Waals surface area contributed by atoms with Crippen LogP contribution >= 0.6 is 0 Å². The smallest absolute Gasteiger partial charge is 0.169 e. The standard InChI is InChI=1S/C13H16O2/c1-3-10(2)9-12(14)13(15)11-7-5-4-6-8-11/h4-8,13,15H,2-3,9H2,1H3. The molecule has 0 radical (unpaired) electrons. The van der Waals surface area contributed by atoms with Gasteiger partial charge in [-0.25, -0.2) is 0 Å². The fraction of sp³-hybridized carbons (Fsp3) is 0.308. The molecular formula is C13H16O2. The second-order valence-electron chi connectivity index (χ2n) is 3.56. The number of aliphatic hydroxyl groups excluding tert-OH is 1. The Balaban J connectivity index is 2.65. The molecule has 1 atom stereocenters. The number of hydrogen-bond acceptors (Lipinski definition) is 2. The van der Waals surface area contributed by atoms with Crippen LogP contribution in [0.2, 0.25) is 0 Å². The van der Waals surface area contributed by atoms with Gasteiger partial charge in [0.25, 0.3) is 0 Å². The van der Waals surface area contributed by atoms with Crippen molar-refractivity contribution in [3.63, 3.8) is 0 Å². The Bertz CT molecular complexity index is 341. The maximum atomic E-state index is 11.6. The molecule has 0 amide bonds. The van der Waals surface area contributed by atoms with Crippen LogP contribution in [0.25, 0.3) is 0 Å². The molecule has 0 fully saturated rings. The zero-order valence-corrected chi connectivity index (χ0v) is 8.94. The highest BCUT2D eigenvalue weighted by molar-refractivity contribution is 5.85. The lowest BCUT2D eigenvalue weighted by Crippen LogP contribution is -2.12. The van der Waals surface area contributed by atoms with Gasteiger partial charge in [-0.1, -0.05) is 49.4 Å². The first-order valence-electron chi connectivity index (χ1n) is 5.07. The number of allylic oxidation sites excluding steroid dienone is 1. The Hall–Kier alpha value is -1.41. The summed E-state index contributed by atoms with van der Waals surface area (Å²) in [6, 6.07) is 8.96. The van der Waals surface area contributed by atoms with Crippen molar-refractivity contribution < 1.29 is 9.90 Å². The molecule has 0 aliphatic heterocycles. The molecule has 2 nitrogen and oxygen atoms in total. The van der Waals surface area contributed by atoms with Crippen molar-refractivity contribution in [1.29, 1.82) is 0 Å². The highest BCUT2D eigenvalue weighted by Crippen LogP contribution is 2.17. The molecule has 0 aliphatic rings. The van der Waals surface area contributed by atoms with Crippen molar-refractivity contribution in [2.45, 2.75) is 25.9 Å². The van der Waals surface area contributed by atoms with Crippen molar-refractivity contribution >= 4 is 5.78 Å². The van der Waals surface area contributed by atoms with Crippen LogP contribution in [0.5, 0.6) is 0 Å². The van der Waals surface area contributed by atoms with Gasteiger partial charge >= 0.3 is 0 Å². The SMILES string of the molecule is C=C(CC)CC(=O)C(O)c1ccccc1. The van der Waals surface area contributed by atoms with Gasteiger partial charge in [-0.05, 0) is 12.0 Å². The fourth-order valence-electron chi connectivity index (χ4n) is 1.29. The number of carbonyl (C=O) groups is 1. The zero-order chi connectivity index (χ0) is 11.3. The maximum Gasteiger partial charge on any atom is 0.169 e. The van der Waals surface area contributed by atoms with E-state index in [9.17, 15) is 9.90 Å². The number of hydrogen-bond donors (Lipinski definition) is 1. The lowest BCUT2D eigenvalue weighted by Gasteiger charge is -2.10. The van der Waals surface area contributed by atoms with Gasteiger partial charge in [0.1, 0.15) is 6.10 Å². The number of Topliss-reactive ketones (excluding diaryl/α,β-unsaturated/α-hetero) is 1. The van der Waals surface area contributed by atoms with Crippen LogP contribution in [0.1, 0.15) is 31.4 Å². The minimum Gasteiger partial charge on any atom is -0.381 e. The van der Waals surface area contributed by atoms with E-state index in [0.717, 1.165) is 12.0 Å². The molecular weight excluding hydrogens is 188 g/mol. The molecule has 1 unspecified atom stereocenters. The number of aliphatic hydroxyl groups is 1. The van der Waals surface area contributed by atoms with Gasteiger partial charge in [-0.3, -0.25) is 4.79 Å². The highest BCUT2D eigenvalue weighted by atomic mass is 16.3. The van der Waals surface area contributed by atoms with E-state index >= 15 is 0 Å². The molecule has 0 saturated carbocycles. The average Bonchev–Trinajstić information content (AvgIpc) is 2.29. The fourth-order valence-corrected chi connectivity index (χ4v) is 1.29. The van der Waals surface area contributed by atoms with E-state index in [1.165, 1.54) is 0 Å². The molecule has 0 aliphatic carbocycles. The molecule has 80 valence electrons. The van der Waals surface area contributed by atoms with E-state index in [1.807, 2.05) is 13.0 Å². The van der Waals surface area contributed by atoms with Crippen LogP contribution in [0.3, 0.4) is 0 Å². The summed E-state index contributed by atoms with van der Waals surface area (Å²) in [5.74, 6) is -0.187. The summed E-state index contributed by atoms with van der Waals surface area (Å²) in [5, 5.41) is 9.74. The zero-order valence-electron chi connectivity index (χ0n) is 8.94. The first-order valence-corrected chi connectivity index (χ1v) is 5.07. The summed E-state index contributed by atoms with van der Waals surface area (Å²) in [5.41, 5.74) is 1.50. The predicted molar refractivity (Wildman–Crippen MR) is 60.5 cm³/mol. The largest absolute Gasteiger partial charge is 0.381 e.